The Morgan fingerprint density at radius 2 is 2.17 bits per heavy atom. The van der Waals surface area contributed by atoms with Crippen molar-refractivity contribution in [2.75, 3.05) is 6.54 Å². The average molecular weight is 314 g/mol. The molecule has 0 N–H and O–H groups in total. The van der Waals surface area contributed by atoms with Crippen LogP contribution in [0.2, 0.25) is 0 Å². The van der Waals surface area contributed by atoms with Gasteiger partial charge in [0.25, 0.3) is 0 Å². The van der Waals surface area contributed by atoms with E-state index in [1.54, 1.807) is 6.07 Å². The molecule has 0 saturated carbocycles. The summed E-state index contributed by atoms with van der Waals surface area (Å²) in [7, 11) is 0. The van der Waals surface area contributed by atoms with Crippen LogP contribution in [-0.2, 0) is 6.54 Å². The fraction of sp³-hybridized carbons (Fsp3) is 0.600. The zero-order valence-corrected chi connectivity index (χ0v) is 12.5. The van der Waals surface area contributed by atoms with Crippen LogP contribution in [0.4, 0.5) is 4.39 Å². The number of benzene rings is 1. The fourth-order valence-electron chi connectivity index (χ4n) is 2.78. The Morgan fingerprint density at radius 3 is 2.89 bits per heavy atom. The van der Waals surface area contributed by atoms with Gasteiger partial charge < -0.3 is 0 Å². The van der Waals surface area contributed by atoms with Crippen molar-refractivity contribution in [3.05, 3.63) is 34.1 Å². The minimum atomic E-state index is -0.0940. The molecule has 1 aliphatic heterocycles. The van der Waals surface area contributed by atoms with Crippen LogP contribution in [-0.4, -0.2) is 17.5 Å². The van der Waals surface area contributed by atoms with E-state index in [0.717, 1.165) is 29.5 Å². The van der Waals surface area contributed by atoms with Gasteiger partial charge in [-0.1, -0.05) is 41.8 Å². The van der Waals surface area contributed by atoms with Crippen LogP contribution in [0.25, 0.3) is 0 Å². The molecule has 18 heavy (non-hydrogen) atoms. The highest BCUT2D eigenvalue weighted by Crippen LogP contribution is 2.23. The number of rotatable bonds is 3. The lowest BCUT2D eigenvalue weighted by molar-refractivity contribution is 0.184. The molecule has 1 heterocycles. The van der Waals surface area contributed by atoms with Crippen LogP contribution in [0, 0.1) is 5.82 Å². The Bertz CT molecular complexity index is 394. The van der Waals surface area contributed by atoms with Gasteiger partial charge >= 0.3 is 0 Å². The lowest BCUT2D eigenvalue weighted by atomic mass is 10.1. The van der Waals surface area contributed by atoms with Gasteiger partial charge in [0.1, 0.15) is 5.82 Å². The minimum absolute atomic E-state index is 0.0940. The summed E-state index contributed by atoms with van der Waals surface area (Å²) in [4.78, 5) is 2.46. The summed E-state index contributed by atoms with van der Waals surface area (Å²) in [5.41, 5.74) is 0.818. The molecule has 0 aliphatic carbocycles. The molecule has 0 spiro atoms. The summed E-state index contributed by atoms with van der Waals surface area (Å²) in [6.07, 6.45) is 6.30. The van der Waals surface area contributed by atoms with E-state index in [1.807, 2.05) is 12.1 Å². The van der Waals surface area contributed by atoms with Crippen molar-refractivity contribution >= 4 is 15.9 Å². The quantitative estimate of drug-likeness (QED) is 0.779. The Balaban J connectivity index is 2.10. The van der Waals surface area contributed by atoms with Crippen molar-refractivity contribution in [3.8, 4) is 0 Å². The molecule has 1 nitrogen and oxygen atoms in total. The fourth-order valence-corrected chi connectivity index (χ4v) is 3.11. The van der Waals surface area contributed by atoms with E-state index in [-0.39, 0.29) is 5.82 Å². The van der Waals surface area contributed by atoms with Gasteiger partial charge in [0, 0.05) is 22.6 Å². The number of nitrogens with zero attached hydrogens (tertiary/aromatic N) is 1. The van der Waals surface area contributed by atoms with E-state index in [1.165, 1.54) is 25.7 Å². The molecule has 1 fully saturated rings. The second-order valence-corrected chi connectivity index (χ2v) is 6.03. The molecule has 2 rings (SSSR count). The predicted molar refractivity (Wildman–Crippen MR) is 77.1 cm³/mol. The second-order valence-electron chi connectivity index (χ2n) is 5.12. The molecule has 0 bridgehead atoms. The third-order valence-electron chi connectivity index (χ3n) is 3.86. The van der Waals surface area contributed by atoms with E-state index in [4.69, 9.17) is 0 Å². The first-order valence-corrected chi connectivity index (χ1v) is 7.68. The highest BCUT2D eigenvalue weighted by molar-refractivity contribution is 9.10. The number of hydrogen-bond acceptors (Lipinski definition) is 1. The third-order valence-corrected chi connectivity index (χ3v) is 4.35. The van der Waals surface area contributed by atoms with Gasteiger partial charge in [-0.15, -0.1) is 0 Å². The number of likely N-dealkylation sites (tertiary alicyclic amines) is 1. The monoisotopic (exact) mass is 313 g/mol. The topological polar surface area (TPSA) is 3.24 Å². The van der Waals surface area contributed by atoms with E-state index in [9.17, 15) is 4.39 Å². The highest BCUT2D eigenvalue weighted by atomic mass is 79.9. The van der Waals surface area contributed by atoms with Crippen molar-refractivity contribution < 1.29 is 4.39 Å². The molecule has 3 heteroatoms. The maximum atomic E-state index is 13.9. The van der Waals surface area contributed by atoms with Crippen molar-refractivity contribution in [3.63, 3.8) is 0 Å². The van der Waals surface area contributed by atoms with E-state index >= 15 is 0 Å². The van der Waals surface area contributed by atoms with E-state index < -0.39 is 0 Å². The molecule has 1 aromatic rings. The number of hydrogen-bond donors (Lipinski definition) is 0. The molecule has 0 radical (unpaired) electrons. The molecular weight excluding hydrogens is 293 g/mol. The van der Waals surface area contributed by atoms with Gasteiger partial charge in [0.2, 0.25) is 0 Å². The smallest absolute Gasteiger partial charge is 0.128 e. The zero-order chi connectivity index (χ0) is 13.0. The Kier molecular flexibility index (Phi) is 5.19. The Hall–Kier alpha value is -0.410. The first-order chi connectivity index (χ1) is 8.70. The Labute approximate surface area is 118 Å². The molecule has 0 amide bonds. The summed E-state index contributed by atoms with van der Waals surface area (Å²) >= 11 is 3.31. The lowest BCUT2D eigenvalue weighted by Crippen LogP contribution is -2.34. The van der Waals surface area contributed by atoms with Gasteiger partial charge in [-0.25, -0.2) is 4.39 Å². The molecule has 1 aromatic carbocycles. The molecule has 0 aromatic heterocycles. The molecule has 100 valence electrons. The highest BCUT2D eigenvalue weighted by Gasteiger charge is 2.20. The van der Waals surface area contributed by atoms with Crippen LogP contribution < -0.4 is 0 Å². The first-order valence-electron chi connectivity index (χ1n) is 6.88. The summed E-state index contributed by atoms with van der Waals surface area (Å²) < 4.78 is 14.7. The normalized spacial score (nSPS) is 21.8. The largest absolute Gasteiger partial charge is 0.296 e. The van der Waals surface area contributed by atoms with Gasteiger partial charge in [-0.3, -0.25) is 4.90 Å². The van der Waals surface area contributed by atoms with Gasteiger partial charge in [-0.2, -0.15) is 0 Å². The standard InChI is InChI=1S/C15H21BrFN/c1-2-14-6-4-3-5-9-18(14)11-12-7-8-13(16)10-15(12)17/h7-8,10,14H,2-6,9,11H2,1H3. The maximum absolute atomic E-state index is 13.9. The van der Waals surface area contributed by atoms with Gasteiger partial charge in [0.05, 0.1) is 0 Å². The first kappa shape index (κ1) is 14.0. The average Bonchev–Trinajstić information content (AvgIpc) is 2.57. The van der Waals surface area contributed by atoms with Crippen LogP contribution in [0.1, 0.15) is 44.6 Å². The summed E-state index contributed by atoms with van der Waals surface area (Å²) in [5.74, 6) is -0.0940. The van der Waals surface area contributed by atoms with Crippen LogP contribution >= 0.6 is 15.9 Å². The van der Waals surface area contributed by atoms with Crippen molar-refractivity contribution in [1.29, 1.82) is 0 Å². The van der Waals surface area contributed by atoms with Crippen molar-refractivity contribution in [1.82, 2.24) is 4.90 Å². The van der Waals surface area contributed by atoms with E-state index in [2.05, 4.69) is 27.8 Å². The van der Waals surface area contributed by atoms with E-state index in [0.29, 0.717) is 6.04 Å². The Morgan fingerprint density at radius 1 is 1.33 bits per heavy atom. The lowest BCUT2D eigenvalue weighted by Gasteiger charge is -2.29. The number of halogens is 2. The minimum Gasteiger partial charge on any atom is -0.296 e. The van der Waals surface area contributed by atoms with Crippen LogP contribution in [0.3, 0.4) is 0 Å². The summed E-state index contributed by atoms with van der Waals surface area (Å²) in [6, 6.07) is 6.01. The molecular formula is C15H21BrFN. The van der Waals surface area contributed by atoms with Crippen molar-refractivity contribution in [2.24, 2.45) is 0 Å². The molecule has 1 atom stereocenters. The summed E-state index contributed by atoms with van der Waals surface area (Å²) in [5, 5.41) is 0. The predicted octanol–water partition coefficient (Wildman–Crippen LogP) is 4.74. The third kappa shape index (κ3) is 3.55. The van der Waals surface area contributed by atoms with Gasteiger partial charge in [0.15, 0.2) is 0 Å². The second kappa shape index (κ2) is 6.67. The molecule has 1 aliphatic rings. The zero-order valence-electron chi connectivity index (χ0n) is 11.0. The molecule has 1 unspecified atom stereocenters. The summed E-state index contributed by atoms with van der Waals surface area (Å²) in [6.45, 7) is 4.09. The molecule has 1 saturated heterocycles. The van der Waals surface area contributed by atoms with Crippen LogP contribution in [0.15, 0.2) is 22.7 Å². The van der Waals surface area contributed by atoms with Crippen LogP contribution in [0.5, 0.6) is 0 Å². The maximum Gasteiger partial charge on any atom is 0.128 e. The van der Waals surface area contributed by atoms with Gasteiger partial charge in [-0.05, 0) is 37.9 Å². The van der Waals surface area contributed by atoms with Crippen molar-refractivity contribution in [2.45, 2.75) is 51.6 Å². The SMILES string of the molecule is CCC1CCCCCN1Cc1ccc(Br)cc1F.